The maximum atomic E-state index is 12.5. The van der Waals surface area contributed by atoms with Crippen molar-refractivity contribution in [1.29, 1.82) is 0 Å². The van der Waals surface area contributed by atoms with Gasteiger partial charge in [0, 0.05) is 31.3 Å². The molecule has 0 bridgehead atoms. The summed E-state index contributed by atoms with van der Waals surface area (Å²) in [5, 5.41) is 20.3. The fourth-order valence-corrected chi connectivity index (χ4v) is 5.07. The summed E-state index contributed by atoms with van der Waals surface area (Å²) in [6, 6.07) is 5.45. The van der Waals surface area contributed by atoms with Gasteiger partial charge >= 0.3 is 0 Å². The number of aliphatic hydroxyl groups is 1. The van der Waals surface area contributed by atoms with Crippen LogP contribution in [-0.2, 0) is 10.0 Å². The van der Waals surface area contributed by atoms with Gasteiger partial charge in [-0.1, -0.05) is 26.7 Å². The van der Waals surface area contributed by atoms with Crippen molar-refractivity contribution in [2.75, 3.05) is 30.8 Å². The average Bonchev–Trinajstić information content (AvgIpc) is 3.44. The molecule has 4 rings (SSSR count). The Morgan fingerprint density at radius 3 is 2.64 bits per heavy atom. The first-order valence-electron chi connectivity index (χ1n) is 11.2. The van der Waals surface area contributed by atoms with Crippen LogP contribution in [0, 0.1) is 0 Å². The van der Waals surface area contributed by atoms with Crippen molar-refractivity contribution in [2.45, 2.75) is 56.5 Å². The lowest BCUT2D eigenvalue weighted by molar-refractivity contribution is 0.266. The molecule has 3 heterocycles. The van der Waals surface area contributed by atoms with E-state index in [2.05, 4.69) is 34.6 Å². The van der Waals surface area contributed by atoms with Crippen LogP contribution in [0.15, 0.2) is 35.6 Å². The summed E-state index contributed by atoms with van der Waals surface area (Å²) in [6.07, 6.45) is 8.03. The number of aromatic nitrogens is 4. The summed E-state index contributed by atoms with van der Waals surface area (Å²) in [6.45, 7) is 3.97. The predicted molar refractivity (Wildman–Crippen MR) is 127 cm³/mol. The van der Waals surface area contributed by atoms with Crippen molar-refractivity contribution in [2.24, 2.45) is 0 Å². The van der Waals surface area contributed by atoms with Crippen LogP contribution >= 0.6 is 0 Å². The molecule has 0 atom stereocenters. The lowest BCUT2D eigenvalue weighted by Crippen LogP contribution is -2.30. The second-order valence-corrected chi connectivity index (χ2v) is 10.7. The Kier molecular flexibility index (Phi) is 6.82. The Morgan fingerprint density at radius 2 is 2.00 bits per heavy atom. The minimum absolute atomic E-state index is 0.00721. The third kappa shape index (κ3) is 4.94. The molecule has 1 saturated carbocycles. The van der Waals surface area contributed by atoms with E-state index >= 15 is 0 Å². The molecule has 10 nitrogen and oxygen atoms in total. The largest absolute Gasteiger partial charge is 0.395 e. The molecule has 0 aromatic carbocycles. The van der Waals surface area contributed by atoms with Gasteiger partial charge in [-0.25, -0.2) is 18.4 Å². The zero-order valence-corrected chi connectivity index (χ0v) is 20.0. The van der Waals surface area contributed by atoms with Gasteiger partial charge in [-0.05, 0) is 30.9 Å². The van der Waals surface area contributed by atoms with Crippen molar-refractivity contribution in [1.82, 2.24) is 23.9 Å². The molecule has 0 unspecified atom stereocenters. The fraction of sp³-hybridized carbons (Fsp3) is 0.500. The Morgan fingerprint density at radius 1 is 1.24 bits per heavy atom. The van der Waals surface area contributed by atoms with Crippen molar-refractivity contribution >= 4 is 33.0 Å². The van der Waals surface area contributed by atoms with Gasteiger partial charge in [-0.3, -0.25) is 0 Å². The number of fused-ring (bicyclic) bond motifs is 1. The van der Waals surface area contributed by atoms with Crippen molar-refractivity contribution in [3.63, 3.8) is 0 Å². The van der Waals surface area contributed by atoms with E-state index in [-0.39, 0.29) is 24.1 Å². The summed E-state index contributed by atoms with van der Waals surface area (Å²) in [7, 11) is -2.34. The third-order valence-electron chi connectivity index (χ3n) is 5.93. The van der Waals surface area contributed by atoms with E-state index in [0.29, 0.717) is 17.5 Å². The summed E-state index contributed by atoms with van der Waals surface area (Å²) in [4.78, 5) is 8.97. The van der Waals surface area contributed by atoms with Gasteiger partial charge in [0.15, 0.2) is 10.7 Å². The smallest absolute Gasteiger partial charge is 0.260 e. The molecule has 1 aliphatic carbocycles. The first-order chi connectivity index (χ1) is 15.8. The maximum absolute atomic E-state index is 12.5. The standard InChI is InChI=1S/C22H31N7O3S/c1-15(2)18-14-24-29-20(12-19(27-22(18)29)25-16-6-4-5-7-16)26-17-8-9-21(23-13-17)33(31,32)28(3)10-11-30/h8-9,12-16,26,30H,4-7,10-11H2,1-3H3,(H,25,27). The number of sulfonamides is 1. The molecule has 0 spiro atoms. The van der Waals surface area contributed by atoms with Crippen LogP contribution in [0.4, 0.5) is 17.3 Å². The molecule has 0 radical (unpaired) electrons. The second-order valence-electron chi connectivity index (χ2n) is 8.70. The highest BCUT2D eigenvalue weighted by atomic mass is 32.2. The Bertz CT molecular complexity index is 1200. The van der Waals surface area contributed by atoms with E-state index in [1.165, 1.54) is 32.2 Å². The highest BCUT2D eigenvalue weighted by Gasteiger charge is 2.22. The fourth-order valence-electron chi connectivity index (χ4n) is 4.00. The molecule has 3 N–H and O–H groups in total. The number of aliphatic hydroxyl groups excluding tert-OH is 1. The molecule has 0 amide bonds. The van der Waals surface area contributed by atoms with E-state index in [4.69, 9.17) is 10.1 Å². The normalized spacial score (nSPS) is 15.1. The van der Waals surface area contributed by atoms with E-state index in [1.807, 2.05) is 12.3 Å². The minimum Gasteiger partial charge on any atom is -0.395 e. The predicted octanol–water partition coefficient (Wildman–Crippen LogP) is 2.96. The van der Waals surface area contributed by atoms with Gasteiger partial charge in [0.2, 0.25) is 0 Å². The van der Waals surface area contributed by atoms with Gasteiger partial charge in [-0.2, -0.15) is 13.9 Å². The maximum Gasteiger partial charge on any atom is 0.260 e. The summed E-state index contributed by atoms with van der Waals surface area (Å²) in [5.41, 5.74) is 2.47. The molecule has 1 fully saturated rings. The summed E-state index contributed by atoms with van der Waals surface area (Å²) in [5.74, 6) is 1.77. The third-order valence-corrected chi connectivity index (χ3v) is 7.70. The average molecular weight is 474 g/mol. The molecular formula is C22H31N7O3S. The van der Waals surface area contributed by atoms with Crippen LogP contribution in [0.3, 0.4) is 0 Å². The number of nitrogens with one attached hydrogen (secondary N) is 2. The molecule has 11 heteroatoms. The Hall–Kier alpha value is -2.76. The molecule has 178 valence electrons. The van der Waals surface area contributed by atoms with Crippen LogP contribution in [0.1, 0.15) is 51.0 Å². The number of likely N-dealkylation sites (N-methyl/N-ethyl adjacent to an activating group) is 1. The van der Waals surface area contributed by atoms with E-state index in [9.17, 15) is 8.42 Å². The highest BCUT2D eigenvalue weighted by Crippen LogP contribution is 2.28. The number of hydrogen-bond donors (Lipinski definition) is 3. The van der Waals surface area contributed by atoms with Crippen molar-refractivity contribution in [3.8, 4) is 0 Å². The first kappa shape index (κ1) is 23.4. The number of anilines is 3. The van der Waals surface area contributed by atoms with E-state index < -0.39 is 10.0 Å². The molecule has 33 heavy (non-hydrogen) atoms. The van der Waals surface area contributed by atoms with Gasteiger partial charge in [0.25, 0.3) is 10.0 Å². The van der Waals surface area contributed by atoms with Crippen molar-refractivity contribution < 1.29 is 13.5 Å². The van der Waals surface area contributed by atoms with E-state index in [1.54, 1.807) is 10.6 Å². The van der Waals surface area contributed by atoms with Crippen molar-refractivity contribution in [3.05, 3.63) is 36.2 Å². The zero-order chi connectivity index (χ0) is 23.6. The van der Waals surface area contributed by atoms with Crippen LogP contribution in [0.5, 0.6) is 0 Å². The lowest BCUT2D eigenvalue weighted by atomic mass is 10.1. The molecule has 3 aromatic rings. The number of pyridine rings is 1. The van der Waals surface area contributed by atoms with Crippen LogP contribution < -0.4 is 10.6 Å². The lowest BCUT2D eigenvalue weighted by Gasteiger charge is -2.17. The molecular weight excluding hydrogens is 442 g/mol. The molecule has 0 aliphatic heterocycles. The van der Waals surface area contributed by atoms with Crippen LogP contribution in [0.2, 0.25) is 0 Å². The van der Waals surface area contributed by atoms with Gasteiger partial charge < -0.3 is 15.7 Å². The zero-order valence-electron chi connectivity index (χ0n) is 19.2. The van der Waals surface area contributed by atoms with E-state index in [0.717, 1.165) is 34.2 Å². The number of rotatable bonds is 9. The number of hydrogen-bond acceptors (Lipinski definition) is 8. The quantitative estimate of drug-likeness (QED) is 0.433. The SMILES string of the molecule is CC(C)c1cnn2c(Nc3ccc(S(=O)(=O)N(C)CCO)nc3)cc(NC3CCCC3)nc12. The van der Waals surface area contributed by atoms with Crippen LogP contribution in [0.25, 0.3) is 5.65 Å². The Labute approximate surface area is 194 Å². The van der Waals surface area contributed by atoms with Gasteiger partial charge in [-0.15, -0.1) is 0 Å². The summed E-state index contributed by atoms with van der Waals surface area (Å²) < 4.78 is 27.9. The Balaban J connectivity index is 1.64. The monoisotopic (exact) mass is 473 g/mol. The minimum atomic E-state index is -3.75. The molecule has 3 aromatic heterocycles. The second kappa shape index (κ2) is 9.62. The highest BCUT2D eigenvalue weighted by molar-refractivity contribution is 7.89. The van der Waals surface area contributed by atoms with Gasteiger partial charge in [0.05, 0.1) is 24.7 Å². The van der Waals surface area contributed by atoms with Crippen LogP contribution in [-0.4, -0.2) is 63.7 Å². The number of nitrogens with zero attached hydrogens (tertiary/aromatic N) is 5. The first-order valence-corrected chi connectivity index (χ1v) is 12.7. The molecule has 0 saturated heterocycles. The summed E-state index contributed by atoms with van der Waals surface area (Å²) >= 11 is 0. The topological polar surface area (TPSA) is 125 Å². The van der Waals surface area contributed by atoms with Gasteiger partial charge in [0.1, 0.15) is 11.6 Å². The molecule has 1 aliphatic rings.